The minimum Gasteiger partial charge on any atom is -0.356 e. The van der Waals surface area contributed by atoms with Crippen LogP contribution in [0, 0.1) is 29.6 Å². The van der Waals surface area contributed by atoms with E-state index in [0.29, 0.717) is 45.2 Å². The number of imide groups is 1. The second kappa shape index (κ2) is 16.9. The van der Waals surface area contributed by atoms with E-state index in [4.69, 9.17) is 5.73 Å². The predicted molar refractivity (Wildman–Crippen MR) is 148 cm³/mol. The Morgan fingerprint density at radius 2 is 1.54 bits per heavy atom. The van der Waals surface area contributed by atoms with E-state index in [-0.39, 0.29) is 78.4 Å². The summed E-state index contributed by atoms with van der Waals surface area (Å²) < 4.78 is 0. The molecule has 11 heteroatoms. The van der Waals surface area contributed by atoms with Gasteiger partial charge in [-0.25, -0.2) is 4.79 Å². The first kappa shape index (κ1) is 34.0. The molecule has 3 unspecified atom stereocenters. The zero-order valence-electron chi connectivity index (χ0n) is 24.5. The van der Waals surface area contributed by atoms with Crippen molar-refractivity contribution in [2.75, 3.05) is 19.6 Å². The third-order valence-electron chi connectivity index (χ3n) is 7.22. The van der Waals surface area contributed by atoms with E-state index in [1.165, 1.54) is 4.90 Å². The SMILES string of the molecule is CC(C)C(=O)C(CCCNC(N)=O)NC(=O)C(CCCNC(=O)CCCN1C(=O)CC(C(C)C)C1=O)C(C)C. The van der Waals surface area contributed by atoms with Crippen molar-refractivity contribution < 1.29 is 28.8 Å². The number of carbonyl (C=O) groups is 6. The molecule has 11 nitrogen and oxygen atoms in total. The fraction of sp³-hybridized carbons (Fsp3) is 0.786. The number of rotatable bonds is 18. The molecule has 1 aliphatic rings. The van der Waals surface area contributed by atoms with Crippen molar-refractivity contribution in [2.24, 2.45) is 35.3 Å². The molecule has 0 saturated carbocycles. The average Bonchev–Trinajstić information content (AvgIpc) is 3.13. The third kappa shape index (κ3) is 11.7. The molecular formula is C28H49N5O6. The van der Waals surface area contributed by atoms with Crippen LogP contribution in [0.5, 0.6) is 0 Å². The van der Waals surface area contributed by atoms with Gasteiger partial charge in [-0.1, -0.05) is 41.5 Å². The molecule has 6 amide bonds. The van der Waals surface area contributed by atoms with Gasteiger partial charge in [0.15, 0.2) is 5.78 Å². The lowest BCUT2D eigenvalue weighted by atomic mass is 9.89. The van der Waals surface area contributed by atoms with Gasteiger partial charge >= 0.3 is 6.03 Å². The highest BCUT2D eigenvalue weighted by Gasteiger charge is 2.39. The lowest BCUT2D eigenvalue weighted by molar-refractivity contribution is -0.140. The molecule has 3 atom stereocenters. The Kier molecular flexibility index (Phi) is 14.7. The van der Waals surface area contributed by atoms with E-state index in [0.717, 1.165) is 0 Å². The summed E-state index contributed by atoms with van der Waals surface area (Å²) in [6.07, 6.45) is 2.90. The molecule has 222 valence electrons. The Labute approximate surface area is 232 Å². The molecule has 1 heterocycles. The van der Waals surface area contributed by atoms with E-state index < -0.39 is 12.1 Å². The maximum absolute atomic E-state index is 13.1. The van der Waals surface area contributed by atoms with Crippen molar-refractivity contribution in [1.82, 2.24) is 20.9 Å². The number of hydrogen-bond acceptors (Lipinski definition) is 6. The summed E-state index contributed by atoms with van der Waals surface area (Å²) >= 11 is 0. The van der Waals surface area contributed by atoms with Crippen LogP contribution in [-0.4, -0.2) is 66.0 Å². The quantitative estimate of drug-likeness (QED) is 0.150. The van der Waals surface area contributed by atoms with Gasteiger partial charge in [-0.15, -0.1) is 0 Å². The Bertz CT molecular complexity index is 873. The van der Waals surface area contributed by atoms with E-state index in [1.807, 2.05) is 27.7 Å². The number of Topliss-reactive ketones (excluding diaryl/α,β-unsaturated/α-hetero) is 1. The second-order valence-corrected chi connectivity index (χ2v) is 11.4. The van der Waals surface area contributed by atoms with E-state index in [9.17, 15) is 28.8 Å². The number of nitrogens with zero attached hydrogens (tertiary/aromatic N) is 1. The van der Waals surface area contributed by atoms with E-state index >= 15 is 0 Å². The Morgan fingerprint density at radius 3 is 2.08 bits per heavy atom. The van der Waals surface area contributed by atoms with Gasteiger partial charge in [0.2, 0.25) is 23.6 Å². The van der Waals surface area contributed by atoms with Gasteiger partial charge in [-0.05, 0) is 43.9 Å². The van der Waals surface area contributed by atoms with Crippen LogP contribution in [0.25, 0.3) is 0 Å². The van der Waals surface area contributed by atoms with Crippen LogP contribution in [0.4, 0.5) is 4.79 Å². The van der Waals surface area contributed by atoms with Crippen LogP contribution < -0.4 is 21.7 Å². The number of urea groups is 1. The smallest absolute Gasteiger partial charge is 0.312 e. The van der Waals surface area contributed by atoms with Crippen LogP contribution in [0.15, 0.2) is 0 Å². The largest absolute Gasteiger partial charge is 0.356 e. The van der Waals surface area contributed by atoms with Gasteiger partial charge in [0, 0.05) is 50.2 Å². The maximum Gasteiger partial charge on any atom is 0.312 e. The molecule has 1 rings (SSSR count). The molecule has 5 N–H and O–H groups in total. The third-order valence-corrected chi connectivity index (χ3v) is 7.22. The Balaban J connectivity index is 2.47. The number of amides is 6. The van der Waals surface area contributed by atoms with E-state index in [2.05, 4.69) is 16.0 Å². The minimum absolute atomic E-state index is 0.0391. The average molecular weight is 552 g/mol. The lowest BCUT2D eigenvalue weighted by Crippen LogP contribution is -2.46. The van der Waals surface area contributed by atoms with Crippen LogP contribution in [0.3, 0.4) is 0 Å². The molecule has 39 heavy (non-hydrogen) atoms. The first-order valence-corrected chi connectivity index (χ1v) is 14.2. The summed E-state index contributed by atoms with van der Waals surface area (Å²) in [7, 11) is 0. The lowest BCUT2D eigenvalue weighted by Gasteiger charge is -2.25. The molecule has 0 aromatic carbocycles. The first-order chi connectivity index (χ1) is 18.3. The summed E-state index contributed by atoms with van der Waals surface area (Å²) in [6.45, 7) is 12.3. The summed E-state index contributed by atoms with van der Waals surface area (Å²) in [5.41, 5.74) is 5.08. The number of nitrogens with one attached hydrogen (secondary N) is 3. The standard InChI is InChI=1S/C28H49N5O6/c1-17(2)20(26(37)32-22(25(36)19(5)6)11-8-14-31-28(29)39)10-7-13-30-23(34)12-9-15-33-24(35)16-21(18(3)4)27(33)38/h17-22H,7-16H2,1-6H3,(H,30,34)(H,32,37)(H3,29,31,39). The van der Waals surface area contributed by atoms with Gasteiger partial charge in [-0.2, -0.15) is 0 Å². The fourth-order valence-corrected chi connectivity index (χ4v) is 4.75. The van der Waals surface area contributed by atoms with Gasteiger partial charge in [0.25, 0.3) is 0 Å². The molecule has 0 aromatic rings. The highest BCUT2D eigenvalue weighted by atomic mass is 16.2. The number of ketones is 1. The minimum atomic E-state index is -0.640. The maximum atomic E-state index is 13.1. The van der Waals surface area contributed by atoms with Crippen LogP contribution in [0.1, 0.15) is 86.5 Å². The van der Waals surface area contributed by atoms with Gasteiger partial charge in [0.05, 0.1) is 6.04 Å². The van der Waals surface area contributed by atoms with Gasteiger partial charge < -0.3 is 21.7 Å². The normalized spacial score (nSPS) is 17.1. The molecule has 0 aromatic heterocycles. The van der Waals surface area contributed by atoms with Crippen molar-refractivity contribution in [3.63, 3.8) is 0 Å². The van der Waals surface area contributed by atoms with Crippen molar-refractivity contribution >= 4 is 35.4 Å². The van der Waals surface area contributed by atoms with Gasteiger partial charge in [-0.3, -0.25) is 28.9 Å². The molecule has 1 aliphatic heterocycles. The molecular weight excluding hydrogens is 502 g/mol. The summed E-state index contributed by atoms with van der Waals surface area (Å²) in [6, 6.07) is -1.27. The molecule has 0 spiro atoms. The topological polar surface area (TPSA) is 168 Å². The number of primary amides is 1. The van der Waals surface area contributed by atoms with Crippen LogP contribution >= 0.6 is 0 Å². The monoisotopic (exact) mass is 551 g/mol. The fourth-order valence-electron chi connectivity index (χ4n) is 4.75. The van der Waals surface area contributed by atoms with Crippen molar-refractivity contribution in [3.8, 4) is 0 Å². The number of hydrogen-bond donors (Lipinski definition) is 4. The molecule has 0 aliphatic carbocycles. The van der Waals surface area contributed by atoms with E-state index in [1.54, 1.807) is 13.8 Å². The van der Waals surface area contributed by atoms with Gasteiger partial charge in [0.1, 0.15) is 0 Å². The summed E-state index contributed by atoms with van der Waals surface area (Å²) in [5, 5.41) is 8.25. The summed E-state index contributed by atoms with van der Waals surface area (Å²) in [4.78, 5) is 74.7. The Morgan fingerprint density at radius 1 is 0.923 bits per heavy atom. The molecule has 1 fully saturated rings. The summed E-state index contributed by atoms with van der Waals surface area (Å²) in [5.74, 6) is -1.42. The number of nitrogens with two attached hydrogens (primary N) is 1. The molecule has 1 saturated heterocycles. The van der Waals surface area contributed by atoms with Crippen LogP contribution in [-0.2, 0) is 24.0 Å². The van der Waals surface area contributed by atoms with Crippen LogP contribution in [0.2, 0.25) is 0 Å². The van der Waals surface area contributed by atoms with Crippen molar-refractivity contribution in [1.29, 1.82) is 0 Å². The molecule has 0 radical (unpaired) electrons. The predicted octanol–water partition coefficient (Wildman–Crippen LogP) is 2.12. The zero-order chi connectivity index (χ0) is 29.7. The second-order valence-electron chi connectivity index (χ2n) is 11.4. The van der Waals surface area contributed by atoms with Crippen molar-refractivity contribution in [3.05, 3.63) is 0 Å². The highest BCUT2D eigenvalue weighted by molar-refractivity contribution is 6.03. The number of likely N-dealkylation sites (tertiary alicyclic amines) is 1. The Hall–Kier alpha value is -2.98. The first-order valence-electron chi connectivity index (χ1n) is 14.2. The van der Waals surface area contributed by atoms with Crippen molar-refractivity contribution in [2.45, 2.75) is 92.5 Å². The number of carbonyl (C=O) groups excluding carboxylic acids is 6. The highest BCUT2D eigenvalue weighted by Crippen LogP contribution is 2.26. The molecule has 0 bridgehead atoms. The zero-order valence-corrected chi connectivity index (χ0v) is 24.5.